The topological polar surface area (TPSA) is 299 Å². The van der Waals surface area contributed by atoms with Crippen molar-refractivity contribution in [1.82, 2.24) is 16.0 Å². The van der Waals surface area contributed by atoms with Crippen LogP contribution in [0.15, 0.2) is 4.99 Å². The molecule has 0 aliphatic carbocycles. The number of unbranched alkanes of at least 4 members (excludes halogenated alkanes) is 1. The number of aliphatic carboxylic acids is 2. The standard InChI is InChI=1S/C20H38N8O8/c1-10(29)15(28-16(32)11(22)9-14(30)31)18(34)26-12(5-2-3-7-21)17(33)27-13(19(35)36)6-4-8-25-20(23)24/h10-13,15,29H,2-9,21-22H2,1H3,(H,26,34)(H,27,33)(H,28,32)(H,30,31)(H,35,36)(H4,23,24,25). The first-order chi connectivity index (χ1) is 16.8. The molecule has 0 bridgehead atoms. The summed E-state index contributed by atoms with van der Waals surface area (Å²) < 4.78 is 0. The third-order valence-corrected chi connectivity index (χ3v) is 4.93. The Morgan fingerprint density at radius 2 is 1.44 bits per heavy atom. The van der Waals surface area contributed by atoms with Gasteiger partial charge in [0.2, 0.25) is 17.7 Å². The molecule has 0 radical (unpaired) electrons. The van der Waals surface area contributed by atoms with Gasteiger partial charge >= 0.3 is 11.9 Å². The smallest absolute Gasteiger partial charge is 0.326 e. The molecule has 16 heteroatoms. The number of nitrogens with zero attached hydrogens (tertiary/aromatic N) is 1. The first-order valence-corrected chi connectivity index (χ1v) is 11.3. The summed E-state index contributed by atoms with van der Waals surface area (Å²) in [6.07, 6.45) is -0.854. The van der Waals surface area contributed by atoms with Gasteiger partial charge < -0.3 is 54.2 Å². The molecule has 36 heavy (non-hydrogen) atoms. The van der Waals surface area contributed by atoms with E-state index in [1.165, 1.54) is 6.92 Å². The molecule has 0 aliphatic rings. The molecule has 0 aromatic heterocycles. The van der Waals surface area contributed by atoms with Crippen molar-refractivity contribution in [3.63, 3.8) is 0 Å². The van der Waals surface area contributed by atoms with Gasteiger partial charge in [0.05, 0.1) is 18.6 Å². The lowest BCUT2D eigenvalue weighted by molar-refractivity contribution is -0.142. The summed E-state index contributed by atoms with van der Waals surface area (Å²) in [5.74, 6) is -5.53. The molecule has 0 aromatic carbocycles. The number of nitrogens with two attached hydrogens (primary N) is 4. The second kappa shape index (κ2) is 17.0. The summed E-state index contributed by atoms with van der Waals surface area (Å²) in [5, 5.41) is 35.1. The fourth-order valence-electron chi connectivity index (χ4n) is 3.00. The average molecular weight is 519 g/mol. The third-order valence-electron chi connectivity index (χ3n) is 4.93. The number of hydrogen-bond donors (Lipinski definition) is 10. The minimum atomic E-state index is -1.56. The number of carbonyl (C=O) groups excluding carboxylic acids is 3. The molecule has 3 amide bonds. The van der Waals surface area contributed by atoms with Crippen LogP contribution in [0.4, 0.5) is 0 Å². The summed E-state index contributed by atoms with van der Waals surface area (Å²) >= 11 is 0. The first-order valence-electron chi connectivity index (χ1n) is 11.3. The van der Waals surface area contributed by atoms with Crippen LogP contribution in [0.2, 0.25) is 0 Å². The molecule has 0 aliphatic heterocycles. The van der Waals surface area contributed by atoms with Crippen LogP contribution in [0.1, 0.15) is 45.4 Å². The lowest BCUT2D eigenvalue weighted by Crippen LogP contribution is -2.59. The summed E-state index contributed by atoms with van der Waals surface area (Å²) in [6, 6.07) is -5.54. The molecule has 16 nitrogen and oxygen atoms in total. The zero-order valence-corrected chi connectivity index (χ0v) is 20.2. The van der Waals surface area contributed by atoms with E-state index in [1.54, 1.807) is 0 Å². The molecule has 0 spiro atoms. The normalized spacial score (nSPS) is 14.9. The second-order valence-corrected chi connectivity index (χ2v) is 8.13. The Balaban J connectivity index is 5.43. The quantitative estimate of drug-likeness (QED) is 0.0470. The summed E-state index contributed by atoms with van der Waals surface area (Å²) in [4.78, 5) is 63.9. The van der Waals surface area contributed by atoms with Crippen molar-refractivity contribution in [2.24, 2.45) is 27.9 Å². The Morgan fingerprint density at radius 1 is 0.861 bits per heavy atom. The van der Waals surface area contributed by atoms with Gasteiger partial charge in [0, 0.05) is 6.54 Å². The van der Waals surface area contributed by atoms with E-state index in [1.807, 2.05) is 0 Å². The highest BCUT2D eigenvalue weighted by Gasteiger charge is 2.32. The van der Waals surface area contributed by atoms with Crippen LogP contribution >= 0.6 is 0 Å². The van der Waals surface area contributed by atoms with Gasteiger partial charge in [0.15, 0.2) is 5.96 Å². The Kier molecular flexibility index (Phi) is 15.4. The lowest BCUT2D eigenvalue weighted by Gasteiger charge is -2.26. The van der Waals surface area contributed by atoms with Gasteiger partial charge in [-0.1, -0.05) is 0 Å². The lowest BCUT2D eigenvalue weighted by atomic mass is 10.0. The van der Waals surface area contributed by atoms with E-state index >= 15 is 0 Å². The molecule has 0 saturated carbocycles. The third kappa shape index (κ3) is 13.4. The van der Waals surface area contributed by atoms with Gasteiger partial charge in [0.25, 0.3) is 0 Å². The van der Waals surface area contributed by atoms with Crippen LogP contribution in [0.5, 0.6) is 0 Å². The molecule has 14 N–H and O–H groups in total. The number of carboxylic acid groups (broad SMARTS) is 2. The molecule has 5 atom stereocenters. The SMILES string of the molecule is CC(O)C(NC(=O)C(N)CC(=O)O)C(=O)NC(CCCCN)C(=O)NC(CCCN=C(N)N)C(=O)O. The number of aliphatic hydroxyl groups excluding tert-OH is 1. The molecule has 0 saturated heterocycles. The summed E-state index contributed by atoms with van der Waals surface area (Å²) in [5.41, 5.74) is 21.4. The van der Waals surface area contributed by atoms with E-state index in [-0.39, 0.29) is 31.8 Å². The maximum atomic E-state index is 12.8. The fraction of sp³-hybridized carbons (Fsp3) is 0.700. The number of amides is 3. The predicted molar refractivity (Wildman–Crippen MR) is 128 cm³/mol. The number of guanidine groups is 1. The molecule has 0 rings (SSSR count). The first kappa shape index (κ1) is 32.5. The van der Waals surface area contributed by atoms with Crippen molar-refractivity contribution in [3.8, 4) is 0 Å². The van der Waals surface area contributed by atoms with Gasteiger partial charge in [-0.3, -0.25) is 24.2 Å². The Morgan fingerprint density at radius 3 is 1.94 bits per heavy atom. The van der Waals surface area contributed by atoms with E-state index in [0.29, 0.717) is 19.4 Å². The number of aliphatic hydroxyl groups is 1. The van der Waals surface area contributed by atoms with E-state index in [4.69, 9.17) is 28.0 Å². The largest absolute Gasteiger partial charge is 0.481 e. The van der Waals surface area contributed by atoms with Gasteiger partial charge in [-0.25, -0.2) is 4.79 Å². The Bertz CT molecular complexity index is 788. The van der Waals surface area contributed by atoms with Crippen molar-refractivity contribution in [1.29, 1.82) is 0 Å². The summed E-state index contributed by atoms with van der Waals surface area (Å²) in [6.45, 7) is 1.67. The van der Waals surface area contributed by atoms with Crippen LogP contribution < -0.4 is 38.9 Å². The van der Waals surface area contributed by atoms with Gasteiger partial charge in [-0.05, 0) is 45.6 Å². The number of carbonyl (C=O) groups is 5. The molecule has 206 valence electrons. The van der Waals surface area contributed by atoms with Gasteiger partial charge in [-0.2, -0.15) is 0 Å². The number of rotatable bonds is 18. The van der Waals surface area contributed by atoms with Gasteiger partial charge in [0.1, 0.15) is 18.1 Å². The Hall–Kier alpha value is -3.50. The number of nitrogens with one attached hydrogen (secondary N) is 3. The minimum Gasteiger partial charge on any atom is -0.481 e. The van der Waals surface area contributed by atoms with Gasteiger partial charge in [-0.15, -0.1) is 0 Å². The van der Waals surface area contributed by atoms with E-state index in [2.05, 4.69) is 20.9 Å². The molecule has 0 aromatic rings. The number of carboxylic acids is 2. The Labute approximate surface area is 208 Å². The fourth-order valence-corrected chi connectivity index (χ4v) is 3.00. The van der Waals surface area contributed by atoms with E-state index in [9.17, 15) is 34.2 Å². The van der Waals surface area contributed by atoms with Crippen molar-refractivity contribution < 1.29 is 39.3 Å². The maximum Gasteiger partial charge on any atom is 0.326 e. The molecule has 0 fully saturated rings. The highest BCUT2D eigenvalue weighted by Crippen LogP contribution is 2.06. The van der Waals surface area contributed by atoms with Crippen LogP contribution in [0, 0.1) is 0 Å². The van der Waals surface area contributed by atoms with Crippen molar-refractivity contribution in [3.05, 3.63) is 0 Å². The van der Waals surface area contributed by atoms with Crippen molar-refractivity contribution >= 4 is 35.6 Å². The minimum absolute atomic E-state index is 0.00907. The molecule has 0 heterocycles. The average Bonchev–Trinajstić information content (AvgIpc) is 2.77. The highest BCUT2D eigenvalue weighted by molar-refractivity contribution is 5.95. The van der Waals surface area contributed by atoms with Crippen molar-refractivity contribution in [2.75, 3.05) is 13.1 Å². The monoisotopic (exact) mass is 518 g/mol. The van der Waals surface area contributed by atoms with Crippen LogP contribution in [-0.4, -0.2) is 94.3 Å². The zero-order valence-electron chi connectivity index (χ0n) is 20.2. The molecular weight excluding hydrogens is 480 g/mol. The number of hydrogen-bond acceptors (Lipinski definition) is 9. The van der Waals surface area contributed by atoms with Crippen LogP contribution in [0.3, 0.4) is 0 Å². The van der Waals surface area contributed by atoms with E-state index in [0.717, 1.165) is 0 Å². The highest BCUT2D eigenvalue weighted by atomic mass is 16.4. The molecular formula is C20H38N8O8. The second-order valence-electron chi connectivity index (χ2n) is 8.13. The zero-order chi connectivity index (χ0) is 27.8. The van der Waals surface area contributed by atoms with E-state index < -0.39 is 66.4 Å². The van der Waals surface area contributed by atoms with Crippen LogP contribution in [-0.2, 0) is 24.0 Å². The molecule has 5 unspecified atom stereocenters. The van der Waals surface area contributed by atoms with Crippen LogP contribution in [0.25, 0.3) is 0 Å². The maximum absolute atomic E-state index is 12.8. The summed E-state index contributed by atoms with van der Waals surface area (Å²) in [7, 11) is 0. The van der Waals surface area contributed by atoms with Crippen molar-refractivity contribution in [2.45, 2.75) is 75.7 Å². The number of aliphatic imine (C=N–C) groups is 1. The predicted octanol–water partition coefficient (Wildman–Crippen LogP) is -4.11.